The van der Waals surface area contributed by atoms with Crippen LogP contribution in [0.3, 0.4) is 0 Å². The Hall–Kier alpha value is 0.0148. The first kappa shape index (κ1) is 9.01. The van der Waals surface area contributed by atoms with Crippen LogP contribution in [0, 0.1) is 35.6 Å². The van der Waals surface area contributed by atoms with Gasteiger partial charge in [-0.3, -0.25) is 0 Å². The van der Waals surface area contributed by atoms with Crippen molar-refractivity contribution in [1.29, 1.82) is 0 Å². The van der Waals surface area contributed by atoms with Crippen LogP contribution in [0.2, 0.25) is 0 Å². The SMILES string of the molecule is Nc1ccccc1N.[La]. The van der Waals surface area contributed by atoms with Gasteiger partial charge in [0.05, 0.1) is 11.4 Å². The van der Waals surface area contributed by atoms with E-state index in [0.717, 1.165) is 0 Å². The fourth-order valence-corrected chi connectivity index (χ4v) is 0.511. The van der Waals surface area contributed by atoms with Gasteiger partial charge in [0.15, 0.2) is 0 Å². The summed E-state index contributed by atoms with van der Waals surface area (Å²) < 4.78 is 0. The number of hydrogen-bond donors (Lipinski definition) is 2. The molecule has 1 aromatic carbocycles. The Morgan fingerprint density at radius 3 is 1.44 bits per heavy atom. The van der Waals surface area contributed by atoms with Crippen LogP contribution in [0.4, 0.5) is 11.4 Å². The molecule has 0 spiro atoms. The Kier molecular flexibility index (Phi) is 3.94. The molecule has 1 radical (unpaired) electrons. The summed E-state index contributed by atoms with van der Waals surface area (Å²) in [4.78, 5) is 0. The predicted molar refractivity (Wildman–Crippen MR) is 35.3 cm³/mol. The number of hydrogen-bond acceptors (Lipinski definition) is 2. The number of rotatable bonds is 0. The van der Waals surface area contributed by atoms with E-state index in [-0.39, 0.29) is 35.6 Å². The molecule has 0 aliphatic heterocycles. The number of nitrogens with two attached hydrogens (primary N) is 2. The fourth-order valence-electron chi connectivity index (χ4n) is 0.511. The van der Waals surface area contributed by atoms with Crippen molar-refractivity contribution in [3.8, 4) is 0 Å². The third kappa shape index (κ3) is 2.39. The molecule has 0 saturated carbocycles. The molecule has 0 heterocycles. The first-order chi connectivity index (χ1) is 3.80. The van der Waals surface area contributed by atoms with E-state index in [1.165, 1.54) is 0 Å². The molecule has 0 atom stereocenters. The molecule has 1 rings (SSSR count). The van der Waals surface area contributed by atoms with E-state index in [2.05, 4.69) is 0 Å². The van der Waals surface area contributed by atoms with Gasteiger partial charge in [-0.05, 0) is 12.1 Å². The number of anilines is 2. The molecule has 3 heteroatoms. The standard InChI is InChI=1S/C6H8N2.La/c7-5-3-1-2-4-6(5)8;/h1-4H,7-8H2;. The van der Waals surface area contributed by atoms with Crippen LogP contribution in [0.15, 0.2) is 24.3 Å². The van der Waals surface area contributed by atoms with Gasteiger partial charge in [-0.15, -0.1) is 0 Å². The van der Waals surface area contributed by atoms with Gasteiger partial charge < -0.3 is 11.5 Å². The van der Waals surface area contributed by atoms with E-state index >= 15 is 0 Å². The van der Waals surface area contributed by atoms with Crippen molar-refractivity contribution in [2.75, 3.05) is 11.5 Å². The third-order valence-corrected chi connectivity index (χ3v) is 0.996. The monoisotopic (exact) mass is 247 g/mol. The second kappa shape index (κ2) is 3.93. The van der Waals surface area contributed by atoms with Crippen molar-refractivity contribution in [3.63, 3.8) is 0 Å². The van der Waals surface area contributed by atoms with Crippen molar-refractivity contribution in [1.82, 2.24) is 0 Å². The molecular weight excluding hydrogens is 239 g/mol. The average Bonchev–Trinajstić information content (AvgIpc) is 1.77. The van der Waals surface area contributed by atoms with E-state index < -0.39 is 0 Å². The van der Waals surface area contributed by atoms with Crippen molar-refractivity contribution in [3.05, 3.63) is 24.3 Å². The molecule has 2 nitrogen and oxygen atoms in total. The largest absolute Gasteiger partial charge is 0.397 e. The van der Waals surface area contributed by atoms with E-state index in [4.69, 9.17) is 11.5 Å². The first-order valence-corrected chi connectivity index (χ1v) is 2.40. The van der Waals surface area contributed by atoms with Crippen LogP contribution in [-0.4, -0.2) is 0 Å². The van der Waals surface area contributed by atoms with Crippen LogP contribution >= 0.6 is 0 Å². The number of benzene rings is 1. The zero-order chi connectivity index (χ0) is 5.98. The topological polar surface area (TPSA) is 52.0 Å². The normalized spacial score (nSPS) is 8.00. The molecule has 0 aromatic heterocycles. The van der Waals surface area contributed by atoms with Gasteiger partial charge in [0.25, 0.3) is 0 Å². The molecule has 9 heavy (non-hydrogen) atoms. The molecule has 0 aliphatic carbocycles. The molecular formula is C6H8LaN2. The van der Waals surface area contributed by atoms with Crippen LogP contribution in [0.25, 0.3) is 0 Å². The van der Waals surface area contributed by atoms with E-state index in [9.17, 15) is 0 Å². The van der Waals surface area contributed by atoms with Gasteiger partial charge in [-0.2, -0.15) is 0 Å². The van der Waals surface area contributed by atoms with Crippen molar-refractivity contribution < 1.29 is 35.6 Å². The zero-order valence-corrected chi connectivity index (χ0v) is 8.67. The molecule has 0 aliphatic rings. The summed E-state index contributed by atoms with van der Waals surface area (Å²) in [5.41, 5.74) is 12.1. The van der Waals surface area contributed by atoms with E-state index in [1.807, 2.05) is 12.1 Å². The molecule has 0 fully saturated rings. The summed E-state index contributed by atoms with van der Waals surface area (Å²) in [5, 5.41) is 0. The third-order valence-electron chi connectivity index (χ3n) is 0.996. The molecule has 4 N–H and O–H groups in total. The summed E-state index contributed by atoms with van der Waals surface area (Å²) >= 11 is 0. The maximum absolute atomic E-state index is 5.39. The second-order valence-electron chi connectivity index (χ2n) is 1.63. The number of para-hydroxylation sites is 2. The molecule has 0 unspecified atom stereocenters. The maximum atomic E-state index is 5.39. The smallest absolute Gasteiger partial charge is 0.0547 e. The summed E-state index contributed by atoms with van der Waals surface area (Å²) in [6, 6.07) is 7.25. The summed E-state index contributed by atoms with van der Waals surface area (Å²) in [7, 11) is 0. The average molecular weight is 247 g/mol. The minimum atomic E-state index is 0. The van der Waals surface area contributed by atoms with Gasteiger partial charge in [0.1, 0.15) is 0 Å². The quantitative estimate of drug-likeness (QED) is 0.668. The number of nitrogen functional groups attached to an aromatic ring is 2. The summed E-state index contributed by atoms with van der Waals surface area (Å²) in [6.45, 7) is 0. The van der Waals surface area contributed by atoms with Gasteiger partial charge in [-0.25, -0.2) is 0 Å². The van der Waals surface area contributed by atoms with Crippen molar-refractivity contribution in [2.45, 2.75) is 0 Å². The van der Waals surface area contributed by atoms with Gasteiger partial charge in [0.2, 0.25) is 0 Å². The Bertz CT molecular complexity index is 167. The van der Waals surface area contributed by atoms with Crippen LogP contribution in [0.5, 0.6) is 0 Å². The van der Waals surface area contributed by atoms with Crippen LogP contribution in [-0.2, 0) is 0 Å². The second-order valence-corrected chi connectivity index (χ2v) is 1.63. The van der Waals surface area contributed by atoms with Gasteiger partial charge in [-0.1, -0.05) is 12.1 Å². The maximum Gasteiger partial charge on any atom is 0.0547 e. The van der Waals surface area contributed by atoms with Gasteiger partial charge >= 0.3 is 0 Å². The Labute approximate surface area is 82.2 Å². The molecule has 45 valence electrons. The predicted octanol–water partition coefficient (Wildman–Crippen LogP) is 0.851. The van der Waals surface area contributed by atoms with Crippen molar-refractivity contribution in [2.24, 2.45) is 0 Å². The summed E-state index contributed by atoms with van der Waals surface area (Å²) in [5.74, 6) is 0. The van der Waals surface area contributed by atoms with E-state index in [1.54, 1.807) is 12.1 Å². The Morgan fingerprint density at radius 1 is 0.889 bits per heavy atom. The first-order valence-electron chi connectivity index (χ1n) is 2.40. The molecule has 1 aromatic rings. The molecule has 0 amide bonds. The van der Waals surface area contributed by atoms with Crippen molar-refractivity contribution >= 4 is 11.4 Å². The van der Waals surface area contributed by atoms with E-state index in [0.29, 0.717) is 11.4 Å². The van der Waals surface area contributed by atoms with Gasteiger partial charge in [0, 0.05) is 35.6 Å². The molecule has 0 saturated heterocycles. The van der Waals surface area contributed by atoms with Crippen LogP contribution < -0.4 is 11.5 Å². The fraction of sp³-hybridized carbons (Fsp3) is 0. The minimum absolute atomic E-state index is 0. The molecule has 0 bridgehead atoms. The van der Waals surface area contributed by atoms with Crippen LogP contribution in [0.1, 0.15) is 0 Å². The summed E-state index contributed by atoms with van der Waals surface area (Å²) in [6.07, 6.45) is 0. The Balaban J connectivity index is 0.000000640. The Morgan fingerprint density at radius 2 is 1.22 bits per heavy atom. The minimum Gasteiger partial charge on any atom is -0.397 e. The zero-order valence-electron chi connectivity index (χ0n) is 5.04.